The Morgan fingerprint density at radius 3 is 2.95 bits per heavy atom. The number of benzene rings is 2. The molecule has 0 aliphatic carbocycles. The highest BCUT2D eigenvalue weighted by molar-refractivity contribution is 5.54. The number of nitrogens with one attached hydrogen (secondary N) is 1. The van der Waals surface area contributed by atoms with Gasteiger partial charge in [0, 0.05) is 12.1 Å². The molecular weight excluding hydrogens is 269 g/mol. The van der Waals surface area contributed by atoms with Gasteiger partial charge in [0.25, 0.3) is 0 Å². The lowest BCUT2D eigenvalue weighted by Gasteiger charge is -2.19. The first-order chi connectivity index (χ1) is 10.2. The molecule has 110 valence electrons. The van der Waals surface area contributed by atoms with Crippen LogP contribution in [0.15, 0.2) is 36.4 Å². The molecule has 1 heterocycles. The second kappa shape index (κ2) is 5.64. The lowest BCUT2D eigenvalue weighted by molar-refractivity contribution is 0.357. The van der Waals surface area contributed by atoms with Crippen LogP contribution < -0.4 is 14.8 Å². The van der Waals surface area contributed by atoms with Crippen LogP contribution in [-0.4, -0.2) is 13.7 Å². The van der Waals surface area contributed by atoms with Gasteiger partial charge in [-0.15, -0.1) is 0 Å². The minimum atomic E-state index is -0.265. The lowest BCUT2D eigenvalue weighted by atomic mass is 10.1. The van der Waals surface area contributed by atoms with Crippen LogP contribution in [0.5, 0.6) is 11.5 Å². The molecule has 0 aromatic heterocycles. The molecule has 0 spiro atoms. The monoisotopic (exact) mass is 287 g/mol. The first-order valence-electron chi connectivity index (χ1n) is 7.03. The normalized spacial score (nSPS) is 14.2. The van der Waals surface area contributed by atoms with Crippen molar-refractivity contribution in [3.05, 3.63) is 53.3 Å². The van der Waals surface area contributed by atoms with Crippen LogP contribution in [0, 0.1) is 5.82 Å². The van der Waals surface area contributed by atoms with Crippen LogP contribution >= 0.6 is 0 Å². The second-order valence-electron chi connectivity index (χ2n) is 5.14. The van der Waals surface area contributed by atoms with Crippen molar-refractivity contribution in [3.8, 4) is 11.5 Å². The Morgan fingerprint density at radius 2 is 2.14 bits per heavy atom. The smallest absolute Gasteiger partial charge is 0.132 e. The molecule has 0 fully saturated rings. The summed E-state index contributed by atoms with van der Waals surface area (Å²) in [5.74, 6) is 1.23. The Labute approximate surface area is 123 Å². The number of rotatable bonds is 4. The Bertz CT molecular complexity index is 657. The molecule has 2 aromatic carbocycles. The van der Waals surface area contributed by atoms with Crippen LogP contribution in [0.25, 0.3) is 0 Å². The van der Waals surface area contributed by atoms with E-state index in [1.165, 1.54) is 11.6 Å². The van der Waals surface area contributed by atoms with E-state index in [0.29, 0.717) is 11.3 Å². The van der Waals surface area contributed by atoms with Gasteiger partial charge in [-0.05, 0) is 42.8 Å². The molecule has 1 atom stereocenters. The maximum atomic E-state index is 14.1. The van der Waals surface area contributed by atoms with Crippen LogP contribution in [0.4, 0.5) is 10.1 Å². The van der Waals surface area contributed by atoms with E-state index in [9.17, 15) is 4.39 Å². The van der Waals surface area contributed by atoms with Gasteiger partial charge in [-0.2, -0.15) is 0 Å². The van der Waals surface area contributed by atoms with E-state index < -0.39 is 0 Å². The maximum Gasteiger partial charge on any atom is 0.132 e. The highest BCUT2D eigenvalue weighted by atomic mass is 19.1. The van der Waals surface area contributed by atoms with E-state index in [0.717, 1.165) is 24.5 Å². The van der Waals surface area contributed by atoms with Crippen LogP contribution in [-0.2, 0) is 6.42 Å². The Morgan fingerprint density at radius 1 is 1.29 bits per heavy atom. The van der Waals surface area contributed by atoms with Gasteiger partial charge in [0.2, 0.25) is 0 Å². The van der Waals surface area contributed by atoms with E-state index in [1.807, 2.05) is 19.1 Å². The molecule has 0 bridgehead atoms. The van der Waals surface area contributed by atoms with Gasteiger partial charge in [0.15, 0.2) is 0 Å². The Balaban J connectivity index is 1.85. The number of hydrogen-bond acceptors (Lipinski definition) is 3. The van der Waals surface area contributed by atoms with Crippen molar-refractivity contribution >= 4 is 5.69 Å². The largest absolute Gasteiger partial charge is 0.496 e. The summed E-state index contributed by atoms with van der Waals surface area (Å²) in [7, 11) is 1.55. The second-order valence-corrected chi connectivity index (χ2v) is 5.14. The number of halogens is 1. The van der Waals surface area contributed by atoms with Crippen molar-refractivity contribution < 1.29 is 13.9 Å². The molecule has 1 N–H and O–H groups in total. The third-order valence-electron chi connectivity index (χ3n) is 3.74. The predicted molar refractivity (Wildman–Crippen MR) is 80.6 cm³/mol. The summed E-state index contributed by atoms with van der Waals surface area (Å²) in [6, 6.07) is 10.6. The van der Waals surface area contributed by atoms with E-state index in [2.05, 4.69) is 11.4 Å². The minimum Gasteiger partial charge on any atom is -0.496 e. The van der Waals surface area contributed by atoms with E-state index in [4.69, 9.17) is 9.47 Å². The molecular formula is C17H18FNO2. The van der Waals surface area contributed by atoms with Crippen molar-refractivity contribution in [1.29, 1.82) is 0 Å². The topological polar surface area (TPSA) is 30.5 Å². The molecule has 1 unspecified atom stereocenters. The number of fused-ring (bicyclic) bond motifs is 1. The lowest BCUT2D eigenvalue weighted by Crippen LogP contribution is -2.10. The number of hydrogen-bond donors (Lipinski definition) is 1. The van der Waals surface area contributed by atoms with Crippen molar-refractivity contribution in [2.75, 3.05) is 19.0 Å². The molecule has 0 saturated carbocycles. The molecule has 1 aliphatic heterocycles. The van der Waals surface area contributed by atoms with Crippen molar-refractivity contribution in [1.82, 2.24) is 0 Å². The van der Waals surface area contributed by atoms with Gasteiger partial charge < -0.3 is 14.8 Å². The SMILES string of the molecule is COc1cccc(F)c1C(C)Nc1ccc2c(c1)CCO2. The fraction of sp³-hybridized carbons (Fsp3) is 0.294. The maximum absolute atomic E-state index is 14.1. The van der Waals surface area contributed by atoms with E-state index in [-0.39, 0.29) is 11.9 Å². The van der Waals surface area contributed by atoms with Gasteiger partial charge in [0.1, 0.15) is 17.3 Å². The summed E-state index contributed by atoms with van der Waals surface area (Å²) in [4.78, 5) is 0. The summed E-state index contributed by atoms with van der Waals surface area (Å²) < 4.78 is 24.8. The van der Waals surface area contributed by atoms with Crippen molar-refractivity contribution in [2.45, 2.75) is 19.4 Å². The zero-order valence-electron chi connectivity index (χ0n) is 12.2. The molecule has 4 heteroatoms. The number of anilines is 1. The average Bonchev–Trinajstić information content (AvgIpc) is 2.94. The standard InChI is InChI=1S/C17H18FNO2/c1-11(17-14(18)4-3-5-16(17)20-2)19-13-6-7-15-12(10-13)8-9-21-15/h3-7,10-11,19H,8-9H2,1-2H3. The first kappa shape index (κ1) is 13.7. The molecule has 3 nitrogen and oxygen atoms in total. The van der Waals surface area contributed by atoms with Crippen LogP contribution in [0.3, 0.4) is 0 Å². The highest BCUT2D eigenvalue weighted by Gasteiger charge is 2.18. The minimum absolute atomic E-state index is 0.193. The molecule has 0 amide bonds. The van der Waals surface area contributed by atoms with Gasteiger partial charge in [0.05, 0.1) is 25.3 Å². The van der Waals surface area contributed by atoms with Crippen molar-refractivity contribution in [3.63, 3.8) is 0 Å². The molecule has 3 rings (SSSR count). The summed E-state index contributed by atoms with van der Waals surface area (Å²) in [6.07, 6.45) is 0.919. The van der Waals surface area contributed by atoms with Gasteiger partial charge in [-0.1, -0.05) is 6.07 Å². The molecule has 2 aromatic rings. The fourth-order valence-electron chi connectivity index (χ4n) is 2.71. The van der Waals surface area contributed by atoms with Gasteiger partial charge in [-0.3, -0.25) is 0 Å². The molecule has 0 saturated heterocycles. The first-order valence-corrected chi connectivity index (χ1v) is 7.03. The third-order valence-corrected chi connectivity index (χ3v) is 3.74. The zero-order chi connectivity index (χ0) is 14.8. The zero-order valence-corrected chi connectivity index (χ0v) is 12.2. The molecule has 21 heavy (non-hydrogen) atoms. The quantitative estimate of drug-likeness (QED) is 0.924. The summed E-state index contributed by atoms with van der Waals surface area (Å²) in [6.45, 7) is 2.65. The Hall–Kier alpha value is -2.23. The number of ether oxygens (including phenoxy) is 2. The fourth-order valence-corrected chi connectivity index (χ4v) is 2.71. The van der Waals surface area contributed by atoms with E-state index >= 15 is 0 Å². The average molecular weight is 287 g/mol. The van der Waals surface area contributed by atoms with Gasteiger partial charge in [-0.25, -0.2) is 4.39 Å². The summed E-state index contributed by atoms with van der Waals surface area (Å²) >= 11 is 0. The van der Waals surface area contributed by atoms with Crippen LogP contribution in [0.1, 0.15) is 24.1 Å². The predicted octanol–water partition coefficient (Wildman–Crippen LogP) is 3.94. The Kier molecular flexibility index (Phi) is 3.69. The van der Waals surface area contributed by atoms with Crippen LogP contribution in [0.2, 0.25) is 0 Å². The number of methoxy groups -OCH3 is 1. The summed E-state index contributed by atoms with van der Waals surface area (Å²) in [5.41, 5.74) is 2.68. The van der Waals surface area contributed by atoms with E-state index in [1.54, 1.807) is 19.2 Å². The summed E-state index contributed by atoms with van der Waals surface area (Å²) in [5, 5.41) is 3.33. The third kappa shape index (κ3) is 2.66. The van der Waals surface area contributed by atoms with Gasteiger partial charge >= 0.3 is 0 Å². The molecule has 1 aliphatic rings. The molecule has 0 radical (unpaired) electrons. The van der Waals surface area contributed by atoms with Crippen molar-refractivity contribution in [2.24, 2.45) is 0 Å². The highest BCUT2D eigenvalue weighted by Crippen LogP contribution is 2.32.